The number of likely N-dealkylation sites (tertiary alicyclic amines) is 1. The van der Waals surface area contributed by atoms with E-state index in [-0.39, 0.29) is 5.54 Å². The summed E-state index contributed by atoms with van der Waals surface area (Å²) in [6.07, 6.45) is 1.25. The number of hydrogen-bond donors (Lipinski definition) is 1. The molecule has 2 N–H and O–H groups in total. The van der Waals surface area contributed by atoms with Crippen molar-refractivity contribution >= 4 is 0 Å². The van der Waals surface area contributed by atoms with E-state index in [9.17, 15) is 0 Å². The number of nitrogens with zero attached hydrogens (tertiary/aromatic N) is 1. The number of rotatable bonds is 4. The third kappa shape index (κ3) is 3.72. The molecule has 2 rings (SSSR count). The van der Waals surface area contributed by atoms with Crippen LogP contribution in [-0.2, 0) is 6.42 Å². The highest BCUT2D eigenvalue weighted by Crippen LogP contribution is 2.19. The first-order valence-corrected chi connectivity index (χ1v) is 6.15. The predicted octanol–water partition coefficient (Wildman–Crippen LogP) is 1.66. The summed E-state index contributed by atoms with van der Waals surface area (Å²) in [7, 11) is 2.10. The maximum absolute atomic E-state index is 6.00. The van der Waals surface area contributed by atoms with E-state index in [1.165, 1.54) is 5.56 Å². The van der Waals surface area contributed by atoms with Crippen molar-refractivity contribution in [1.29, 1.82) is 0 Å². The molecule has 3 nitrogen and oxygen atoms in total. The van der Waals surface area contributed by atoms with Gasteiger partial charge in [0.1, 0.15) is 11.9 Å². The molecular formula is C14H22N2O. The smallest absolute Gasteiger partial charge is 0.124 e. The molecule has 17 heavy (non-hydrogen) atoms. The van der Waals surface area contributed by atoms with Gasteiger partial charge in [-0.25, -0.2) is 0 Å². The lowest BCUT2D eigenvalue weighted by atomic mass is 9.96. The van der Waals surface area contributed by atoms with Crippen LogP contribution in [0.25, 0.3) is 0 Å². The molecule has 1 aromatic carbocycles. The van der Waals surface area contributed by atoms with Crippen molar-refractivity contribution in [2.75, 3.05) is 20.1 Å². The van der Waals surface area contributed by atoms with Crippen LogP contribution in [0.15, 0.2) is 24.3 Å². The molecule has 0 radical (unpaired) electrons. The number of nitrogens with two attached hydrogens (primary N) is 1. The van der Waals surface area contributed by atoms with E-state index in [1.807, 2.05) is 26.0 Å². The highest BCUT2D eigenvalue weighted by atomic mass is 16.5. The van der Waals surface area contributed by atoms with E-state index in [1.54, 1.807) is 0 Å². The summed E-state index contributed by atoms with van der Waals surface area (Å²) in [5, 5.41) is 0. The van der Waals surface area contributed by atoms with Crippen LogP contribution in [0, 0.1) is 0 Å². The molecule has 1 saturated heterocycles. The molecule has 0 amide bonds. The molecule has 0 saturated carbocycles. The summed E-state index contributed by atoms with van der Waals surface area (Å²) in [5.74, 6) is 0.960. The molecule has 1 fully saturated rings. The highest BCUT2D eigenvalue weighted by molar-refractivity contribution is 5.28. The molecule has 0 spiro atoms. The summed E-state index contributed by atoms with van der Waals surface area (Å²) in [6, 6.07) is 8.29. The van der Waals surface area contributed by atoms with E-state index in [0.29, 0.717) is 6.10 Å². The van der Waals surface area contributed by atoms with Crippen LogP contribution < -0.4 is 10.5 Å². The second-order valence-electron chi connectivity index (χ2n) is 5.77. The van der Waals surface area contributed by atoms with Crippen molar-refractivity contribution in [2.45, 2.75) is 31.9 Å². The number of likely N-dealkylation sites (N-methyl/N-ethyl adjacent to an activating group) is 1. The lowest BCUT2D eigenvalue weighted by Gasteiger charge is -2.36. The van der Waals surface area contributed by atoms with Gasteiger partial charge in [-0.2, -0.15) is 0 Å². The quantitative estimate of drug-likeness (QED) is 0.861. The topological polar surface area (TPSA) is 38.5 Å². The van der Waals surface area contributed by atoms with Gasteiger partial charge in [-0.15, -0.1) is 0 Å². The normalized spacial score (nSPS) is 17.9. The summed E-state index contributed by atoms with van der Waals surface area (Å²) < 4.78 is 5.83. The Hall–Kier alpha value is -1.06. The average molecular weight is 234 g/mol. The molecule has 0 unspecified atom stereocenters. The van der Waals surface area contributed by atoms with E-state index in [4.69, 9.17) is 10.5 Å². The van der Waals surface area contributed by atoms with Crippen LogP contribution in [0.1, 0.15) is 19.4 Å². The Labute approximate surface area is 104 Å². The molecule has 0 aliphatic carbocycles. The largest absolute Gasteiger partial charge is 0.488 e. The number of benzene rings is 1. The summed E-state index contributed by atoms with van der Waals surface area (Å²) in [5.41, 5.74) is 7.10. The van der Waals surface area contributed by atoms with Crippen LogP contribution in [0.4, 0.5) is 0 Å². The molecular weight excluding hydrogens is 212 g/mol. The standard InChI is InChI=1S/C14H22N2O/c1-14(2,15)8-11-4-6-12(7-5-11)17-13-9-16(3)10-13/h4-7,13H,8-10,15H2,1-3H3. The minimum absolute atomic E-state index is 0.154. The minimum atomic E-state index is -0.154. The van der Waals surface area contributed by atoms with Crippen molar-refractivity contribution in [1.82, 2.24) is 4.90 Å². The maximum atomic E-state index is 6.00. The molecule has 1 aromatic rings. The molecule has 0 atom stereocenters. The first kappa shape index (κ1) is 12.4. The van der Waals surface area contributed by atoms with Gasteiger partial charge in [-0.1, -0.05) is 12.1 Å². The van der Waals surface area contributed by atoms with Gasteiger partial charge in [0, 0.05) is 18.6 Å². The Bertz CT molecular complexity index is 361. The number of ether oxygens (including phenoxy) is 1. The molecule has 1 aliphatic rings. The summed E-state index contributed by atoms with van der Waals surface area (Å²) in [4.78, 5) is 2.25. The third-order valence-electron chi connectivity index (χ3n) is 2.92. The fourth-order valence-corrected chi connectivity index (χ4v) is 2.12. The first-order chi connectivity index (χ1) is 7.92. The maximum Gasteiger partial charge on any atom is 0.124 e. The van der Waals surface area contributed by atoms with Crippen LogP contribution in [0.2, 0.25) is 0 Å². The Morgan fingerprint density at radius 3 is 2.35 bits per heavy atom. The zero-order chi connectivity index (χ0) is 12.5. The van der Waals surface area contributed by atoms with E-state index in [0.717, 1.165) is 25.3 Å². The predicted molar refractivity (Wildman–Crippen MR) is 70.3 cm³/mol. The summed E-state index contributed by atoms with van der Waals surface area (Å²) >= 11 is 0. The third-order valence-corrected chi connectivity index (χ3v) is 2.92. The molecule has 3 heteroatoms. The van der Waals surface area contributed by atoms with Crippen LogP contribution in [0.5, 0.6) is 5.75 Å². The Kier molecular flexibility index (Phi) is 3.40. The van der Waals surface area contributed by atoms with Gasteiger partial charge in [0.15, 0.2) is 0 Å². The molecule has 1 heterocycles. The molecule has 94 valence electrons. The van der Waals surface area contributed by atoms with Crippen molar-refractivity contribution in [3.05, 3.63) is 29.8 Å². The first-order valence-electron chi connectivity index (χ1n) is 6.15. The van der Waals surface area contributed by atoms with Crippen molar-refractivity contribution in [3.63, 3.8) is 0 Å². The van der Waals surface area contributed by atoms with Crippen LogP contribution >= 0.6 is 0 Å². The Morgan fingerprint density at radius 1 is 1.29 bits per heavy atom. The molecule has 0 bridgehead atoms. The van der Waals surface area contributed by atoms with Gasteiger partial charge in [0.2, 0.25) is 0 Å². The Balaban J connectivity index is 1.89. The fraction of sp³-hybridized carbons (Fsp3) is 0.571. The zero-order valence-corrected chi connectivity index (χ0v) is 10.9. The van der Waals surface area contributed by atoms with Crippen LogP contribution in [0.3, 0.4) is 0 Å². The van der Waals surface area contributed by atoms with Gasteiger partial charge in [-0.3, -0.25) is 4.90 Å². The number of hydrogen-bond acceptors (Lipinski definition) is 3. The van der Waals surface area contributed by atoms with Crippen molar-refractivity contribution in [3.8, 4) is 5.75 Å². The van der Waals surface area contributed by atoms with Crippen LogP contribution in [-0.4, -0.2) is 36.7 Å². The zero-order valence-electron chi connectivity index (χ0n) is 10.9. The lowest BCUT2D eigenvalue weighted by Crippen LogP contribution is -2.51. The van der Waals surface area contributed by atoms with E-state index in [2.05, 4.69) is 24.1 Å². The van der Waals surface area contributed by atoms with Gasteiger partial charge in [0.25, 0.3) is 0 Å². The van der Waals surface area contributed by atoms with Gasteiger partial charge in [-0.05, 0) is 45.0 Å². The SMILES string of the molecule is CN1CC(Oc2ccc(CC(C)(C)N)cc2)C1. The lowest BCUT2D eigenvalue weighted by molar-refractivity contribution is 0.0388. The second kappa shape index (κ2) is 4.67. The van der Waals surface area contributed by atoms with Crippen molar-refractivity contribution < 1.29 is 4.74 Å². The van der Waals surface area contributed by atoms with Crippen molar-refractivity contribution in [2.24, 2.45) is 5.73 Å². The molecule has 0 aromatic heterocycles. The fourth-order valence-electron chi connectivity index (χ4n) is 2.12. The molecule has 1 aliphatic heterocycles. The Morgan fingerprint density at radius 2 is 1.88 bits per heavy atom. The van der Waals surface area contributed by atoms with Gasteiger partial charge in [0.05, 0.1) is 0 Å². The second-order valence-corrected chi connectivity index (χ2v) is 5.77. The highest BCUT2D eigenvalue weighted by Gasteiger charge is 2.24. The minimum Gasteiger partial charge on any atom is -0.488 e. The van der Waals surface area contributed by atoms with E-state index >= 15 is 0 Å². The monoisotopic (exact) mass is 234 g/mol. The summed E-state index contributed by atoms with van der Waals surface area (Å²) in [6.45, 7) is 6.14. The van der Waals surface area contributed by atoms with E-state index < -0.39 is 0 Å². The average Bonchev–Trinajstić information content (AvgIpc) is 2.16. The van der Waals surface area contributed by atoms with Gasteiger partial charge >= 0.3 is 0 Å². The van der Waals surface area contributed by atoms with Gasteiger partial charge < -0.3 is 10.5 Å².